The minimum atomic E-state index is -2.88. The van der Waals surface area contributed by atoms with Crippen LogP contribution in [0.25, 0.3) is 0 Å². The molecule has 0 spiro atoms. The maximum Gasteiger partial charge on any atom is 0.387 e. The molecule has 0 saturated heterocycles. The lowest BCUT2D eigenvalue weighted by atomic mass is 10.0. The van der Waals surface area contributed by atoms with Crippen molar-refractivity contribution in [1.29, 1.82) is 0 Å². The quantitative estimate of drug-likeness (QED) is 0.617. The SMILES string of the molecule is O=C(CNC(c1ccccc1)c1ccccn1)Nc1ccc(OC(F)F)cc1. The van der Waals surface area contributed by atoms with Crippen LogP contribution in [0.4, 0.5) is 14.5 Å². The molecule has 0 aliphatic carbocycles. The Bertz CT molecular complexity index is 836. The number of ether oxygens (including phenoxy) is 1. The number of carbonyl (C=O) groups is 1. The summed E-state index contributed by atoms with van der Waals surface area (Å²) >= 11 is 0. The zero-order chi connectivity index (χ0) is 19.8. The van der Waals surface area contributed by atoms with Gasteiger partial charge in [-0.25, -0.2) is 0 Å². The number of rotatable bonds is 8. The number of nitrogens with zero attached hydrogens (tertiary/aromatic N) is 1. The fourth-order valence-electron chi connectivity index (χ4n) is 2.71. The monoisotopic (exact) mass is 383 g/mol. The summed E-state index contributed by atoms with van der Waals surface area (Å²) in [5.74, 6) is -0.232. The molecule has 144 valence electrons. The fraction of sp³-hybridized carbons (Fsp3) is 0.143. The molecule has 0 bridgehead atoms. The van der Waals surface area contributed by atoms with Gasteiger partial charge in [0.2, 0.25) is 5.91 Å². The van der Waals surface area contributed by atoms with Crippen molar-refractivity contribution in [2.24, 2.45) is 0 Å². The number of benzene rings is 2. The molecule has 7 heteroatoms. The Balaban J connectivity index is 1.62. The van der Waals surface area contributed by atoms with Gasteiger partial charge in [0.05, 0.1) is 18.3 Å². The Labute approximate surface area is 161 Å². The van der Waals surface area contributed by atoms with Crippen LogP contribution in [0.2, 0.25) is 0 Å². The van der Waals surface area contributed by atoms with E-state index in [0.29, 0.717) is 5.69 Å². The van der Waals surface area contributed by atoms with Crippen molar-refractivity contribution < 1.29 is 18.3 Å². The van der Waals surface area contributed by atoms with Gasteiger partial charge in [-0.05, 0) is 42.0 Å². The van der Waals surface area contributed by atoms with E-state index in [1.54, 1.807) is 6.20 Å². The van der Waals surface area contributed by atoms with Gasteiger partial charge in [-0.2, -0.15) is 8.78 Å². The van der Waals surface area contributed by atoms with Gasteiger partial charge in [-0.15, -0.1) is 0 Å². The van der Waals surface area contributed by atoms with Crippen molar-refractivity contribution in [3.8, 4) is 5.75 Å². The third-order valence-electron chi connectivity index (χ3n) is 3.95. The van der Waals surface area contributed by atoms with Crippen molar-refractivity contribution in [2.45, 2.75) is 12.7 Å². The zero-order valence-electron chi connectivity index (χ0n) is 14.9. The van der Waals surface area contributed by atoms with Crippen LogP contribution in [0.5, 0.6) is 5.75 Å². The van der Waals surface area contributed by atoms with Gasteiger partial charge in [-0.1, -0.05) is 36.4 Å². The lowest BCUT2D eigenvalue weighted by molar-refractivity contribution is -0.115. The van der Waals surface area contributed by atoms with Crippen LogP contribution in [0.15, 0.2) is 79.0 Å². The summed E-state index contributed by atoms with van der Waals surface area (Å²) in [4.78, 5) is 16.7. The molecule has 2 N–H and O–H groups in total. The molecule has 3 rings (SSSR count). The van der Waals surface area contributed by atoms with Crippen molar-refractivity contribution in [2.75, 3.05) is 11.9 Å². The first-order valence-corrected chi connectivity index (χ1v) is 8.66. The molecule has 3 aromatic rings. The fourth-order valence-corrected chi connectivity index (χ4v) is 2.71. The molecule has 0 aliphatic heterocycles. The van der Waals surface area contributed by atoms with Gasteiger partial charge in [0.1, 0.15) is 5.75 Å². The number of nitrogens with one attached hydrogen (secondary N) is 2. The second-order valence-corrected chi connectivity index (χ2v) is 5.93. The Morgan fingerprint density at radius 3 is 2.32 bits per heavy atom. The molecule has 0 saturated carbocycles. The first kappa shape index (κ1) is 19.4. The van der Waals surface area contributed by atoms with E-state index in [2.05, 4.69) is 20.4 Å². The van der Waals surface area contributed by atoms with Crippen molar-refractivity contribution in [1.82, 2.24) is 10.3 Å². The van der Waals surface area contributed by atoms with Gasteiger partial charge >= 0.3 is 6.61 Å². The number of pyridine rings is 1. The average Bonchev–Trinajstić information content (AvgIpc) is 2.71. The Morgan fingerprint density at radius 1 is 0.964 bits per heavy atom. The first-order valence-electron chi connectivity index (χ1n) is 8.66. The van der Waals surface area contributed by atoms with Crippen molar-refractivity contribution in [3.63, 3.8) is 0 Å². The number of carbonyl (C=O) groups excluding carboxylic acids is 1. The summed E-state index contributed by atoms with van der Waals surface area (Å²) < 4.78 is 28.6. The molecule has 1 amide bonds. The Morgan fingerprint density at radius 2 is 1.68 bits per heavy atom. The standard InChI is InChI=1S/C21H19F2N3O2/c22-21(23)28-17-11-9-16(10-12-17)26-19(27)14-25-20(15-6-2-1-3-7-15)18-8-4-5-13-24-18/h1-13,20-21,25H,14H2,(H,26,27). The second kappa shape index (κ2) is 9.57. The van der Waals surface area contributed by atoms with E-state index in [1.807, 2.05) is 48.5 Å². The highest BCUT2D eigenvalue weighted by Crippen LogP contribution is 2.20. The molecule has 2 aromatic carbocycles. The third-order valence-corrected chi connectivity index (χ3v) is 3.95. The van der Waals surface area contributed by atoms with E-state index in [1.165, 1.54) is 24.3 Å². The smallest absolute Gasteiger partial charge is 0.387 e. The van der Waals surface area contributed by atoms with E-state index in [4.69, 9.17) is 0 Å². The van der Waals surface area contributed by atoms with Gasteiger partial charge in [0, 0.05) is 11.9 Å². The lowest BCUT2D eigenvalue weighted by Gasteiger charge is -2.18. The maximum atomic E-state index is 12.3. The van der Waals surface area contributed by atoms with Crippen LogP contribution in [-0.2, 0) is 4.79 Å². The predicted octanol–water partition coefficient (Wildman–Crippen LogP) is 4.00. The van der Waals surface area contributed by atoms with Crippen LogP contribution in [-0.4, -0.2) is 24.0 Å². The molecule has 28 heavy (non-hydrogen) atoms. The number of amides is 1. The molecule has 5 nitrogen and oxygen atoms in total. The van der Waals surface area contributed by atoms with Crippen LogP contribution >= 0.6 is 0 Å². The predicted molar refractivity (Wildman–Crippen MR) is 102 cm³/mol. The van der Waals surface area contributed by atoms with E-state index in [0.717, 1.165) is 11.3 Å². The number of hydrogen-bond donors (Lipinski definition) is 2. The Kier molecular flexibility index (Phi) is 6.64. The summed E-state index contributed by atoms with van der Waals surface area (Å²) in [6, 6.07) is 20.8. The minimum Gasteiger partial charge on any atom is -0.435 e. The molecular formula is C21H19F2N3O2. The Hall–Kier alpha value is -3.32. The van der Waals surface area contributed by atoms with Crippen molar-refractivity contribution in [3.05, 3.63) is 90.3 Å². The molecule has 0 aliphatic rings. The molecule has 0 fully saturated rings. The highest BCUT2D eigenvalue weighted by Gasteiger charge is 2.16. The molecular weight excluding hydrogens is 364 g/mol. The number of halogens is 2. The molecule has 1 aromatic heterocycles. The zero-order valence-corrected chi connectivity index (χ0v) is 14.9. The lowest BCUT2D eigenvalue weighted by Crippen LogP contribution is -2.32. The molecule has 1 atom stereocenters. The summed E-state index contributed by atoms with van der Waals surface area (Å²) in [5, 5.41) is 5.93. The highest BCUT2D eigenvalue weighted by molar-refractivity contribution is 5.92. The second-order valence-electron chi connectivity index (χ2n) is 5.93. The number of anilines is 1. The third kappa shape index (κ3) is 5.59. The summed E-state index contributed by atoms with van der Waals surface area (Å²) in [6.45, 7) is -2.84. The molecule has 0 radical (unpaired) electrons. The summed E-state index contributed by atoms with van der Waals surface area (Å²) in [7, 11) is 0. The van der Waals surface area contributed by atoms with Gasteiger partial charge in [0.15, 0.2) is 0 Å². The van der Waals surface area contributed by atoms with E-state index in [-0.39, 0.29) is 24.2 Å². The number of hydrogen-bond acceptors (Lipinski definition) is 4. The van der Waals surface area contributed by atoms with Crippen LogP contribution in [0, 0.1) is 0 Å². The first-order chi connectivity index (χ1) is 13.6. The van der Waals surface area contributed by atoms with Crippen LogP contribution < -0.4 is 15.4 Å². The van der Waals surface area contributed by atoms with Gasteiger partial charge in [-0.3, -0.25) is 15.1 Å². The van der Waals surface area contributed by atoms with E-state index >= 15 is 0 Å². The number of alkyl halides is 2. The minimum absolute atomic E-state index is 0.0328. The van der Waals surface area contributed by atoms with E-state index < -0.39 is 6.61 Å². The molecule has 1 heterocycles. The van der Waals surface area contributed by atoms with Gasteiger partial charge < -0.3 is 10.1 Å². The highest BCUT2D eigenvalue weighted by atomic mass is 19.3. The van der Waals surface area contributed by atoms with Crippen molar-refractivity contribution >= 4 is 11.6 Å². The summed E-state index contributed by atoms with van der Waals surface area (Å²) in [6.07, 6.45) is 1.70. The average molecular weight is 383 g/mol. The largest absolute Gasteiger partial charge is 0.435 e. The van der Waals surface area contributed by atoms with Gasteiger partial charge in [0.25, 0.3) is 0 Å². The summed E-state index contributed by atoms with van der Waals surface area (Å²) in [5.41, 5.74) is 2.28. The van der Waals surface area contributed by atoms with Crippen LogP contribution in [0.3, 0.4) is 0 Å². The topological polar surface area (TPSA) is 63.2 Å². The number of aromatic nitrogens is 1. The van der Waals surface area contributed by atoms with E-state index in [9.17, 15) is 13.6 Å². The normalized spacial score (nSPS) is 11.8. The molecule has 1 unspecified atom stereocenters. The van der Waals surface area contributed by atoms with Crippen LogP contribution in [0.1, 0.15) is 17.3 Å². The maximum absolute atomic E-state index is 12.3.